The largest absolute Gasteiger partial charge is 0.481 e. The van der Waals surface area contributed by atoms with Crippen molar-refractivity contribution in [2.75, 3.05) is 13.2 Å². The van der Waals surface area contributed by atoms with E-state index in [1.54, 1.807) is 0 Å². The lowest BCUT2D eigenvalue weighted by Crippen LogP contribution is -2.65. The average molecular weight is 444 g/mol. The number of β-amino-alcohol motifs (C(OH)–C–C–N with tert-alkyl or cyclic N) is 1. The fourth-order valence-electron chi connectivity index (χ4n) is 9.34. The summed E-state index contributed by atoms with van der Waals surface area (Å²) in [4.78, 5) is 40.7. The number of aliphatic hydroxyl groups excluding tert-OH is 1. The Hall–Kier alpha value is -1.69. The lowest BCUT2D eigenvalue weighted by atomic mass is 9.34. The molecule has 6 aliphatic rings. The molecule has 3 saturated carbocycles. The van der Waals surface area contributed by atoms with Crippen LogP contribution in [0.2, 0.25) is 0 Å². The van der Waals surface area contributed by atoms with Crippen LogP contribution in [0, 0.1) is 51.8 Å². The van der Waals surface area contributed by atoms with Gasteiger partial charge in [0.05, 0.1) is 30.4 Å². The molecule has 5 aliphatic carbocycles. The molecule has 2 bridgehead atoms. The fourth-order valence-corrected chi connectivity index (χ4v) is 9.34. The standard InChI is InChI=1S/C26H37NO5/c1-14(2)16-13-26-9-6-17-24(3,7-5-8-25(17,4)23(31)32)18(26)12-15(16)19-20(26)22(30)27(10-11-28)21(19)29/h13-15,17-20,28H,5-12H2,1-4H3,(H,31,32)/t15-,17+,18-,19+,20+,24-,25+,26-/m0/s1. The van der Waals surface area contributed by atoms with E-state index in [9.17, 15) is 24.6 Å². The molecule has 0 unspecified atom stereocenters. The minimum Gasteiger partial charge on any atom is -0.481 e. The van der Waals surface area contributed by atoms with Gasteiger partial charge in [0.15, 0.2) is 0 Å². The van der Waals surface area contributed by atoms with Gasteiger partial charge in [0, 0.05) is 5.41 Å². The molecular weight excluding hydrogens is 406 g/mol. The summed E-state index contributed by atoms with van der Waals surface area (Å²) in [6.07, 6.45) is 7.42. The summed E-state index contributed by atoms with van der Waals surface area (Å²) in [5.74, 6) is -0.918. The maximum atomic E-state index is 13.6. The third kappa shape index (κ3) is 2.48. The van der Waals surface area contributed by atoms with Gasteiger partial charge in [-0.25, -0.2) is 0 Å². The van der Waals surface area contributed by atoms with E-state index in [4.69, 9.17) is 0 Å². The smallest absolute Gasteiger partial charge is 0.309 e. The van der Waals surface area contributed by atoms with E-state index in [1.807, 2.05) is 6.92 Å². The number of nitrogens with zero attached hydrogens (tertiary/aromatic N) is 1. The predicted molar refractivity (Wildman–Crippen MR) is 118 cm³/mol. The Kier molecular flexibility index (Phi) is 4.78. The van der Waals surface area contributed by atoms with Gasteiger partial charge < -0.3 is 10.2 Å². The van der Waals surface area contributed by atoms with E-state index in [1.165, 1.54) is 10.5 Å². The summed E-state index contributed by atoms with van der Waals surface area (Å²) >= 11 is 0. The van der Waals surface area contributed by atoms with Gasteiger partial charge in [0.25, 0.3) is 0 Å². The first-order valence-electron chi connectivity index (χ1n) is 12.4. The topological polar surface area (TPSA) is 94.9 Å². The van der Waals surface area contributed by atoms with Crippen LogP contribution < -0.4 is 0 Å². The van der Waals surface area contributed by atoms with Crippen molar-refractivity contribution >= 4 is 17.8 Å². The van der Waals surface area contributed by atoms with Crippen LogP contribution in [-0.4, -0.2) is 46.0 Å². The summed E-state index contributed by atoms with van der Waals surface area (Å²) in [7, 11) is 0. The number of hydrogen-bond acceptors (Lipinski definition) is 4. The van der Waals surface area contributed by atoms with Crippen molar-refractivity contribution in [2.24, 2.45) is 51.8 Å². The number of fused-ring (bicyclic) bond motifs is 1. The minimum atomic E-state index is -0.728. The number of carboxylic acid groups (broad SMARTS) is 1. The highest BCUT2D eigenvalue weighted by atomic mass is 16.4. The second-order valence-corrected chi connectivity index (χ2v) is 12.0. The van der Waals surface area contributed by atoms with Crippen LogP contribution in [0.3, 0.4) is 0 Å². The highest BCUT2D eigenvalue weighted by molar-refractivity contribution is 6.06. The molecule has 1 spiro atoms. The number of likely N-dealkylation sites (tertiary alicyclic amines) is 1. The maximum absolute atomic E-state index is 13.6. The Balaban J connectivity index is 1.65. The number of carbonyl (C=O) groups is 3. The molecule has 2 amide bonds. The molecule has 32 heavy (non-hydrogen) atoms. The molecule has 1 aliphatic heterocycles. The number of aliphatic hydroxyl groups is 1. The molecule has 0 aromatic heterocycles. The summed E-state index contributed by atoms with van der Waals surface area (Å²) in [5, 5.41) is 19.7. The van der Waals surface area contributed by atoms with E-state index >= 15 is 0 Å². The van der Waals surface area contributed by atoms with Gasteiger partial charge in [-0.15, -0.1) is 0 Å². The molecule has 4 fully saturated rings. The predicted octanol–water partition coefficient (Wildman–Crippen LogP) is 3.49. The second-order valence-electron chi connectivity index (χ2n) is 12.0. The van der Waals surface area contributed by atoms with Crippen molar-refractivity contribution in [3.05, 3.63) is 11.6 Å². The van der Waals surface area contributed by atoms with E-state index in [-0.39, 0.29) is 65.4 Å². The van der Waals surface area contributed by atoms with Gasteiger partial charge in [-0.1, -0.05) is 38.8 Å². The molecule has 8 atom stereocenters. The molecule has 1 saturated heterocycles. The lowest BCUT2D eigenvalue weighted by Gasteiger charge is -2.68. The van der Waals surface area contributed by atoms with Crippen LogP contribution in [-0.2, 0) is 14.4 Å². The van der Waals surface area contributed by atoms with Crippen molar-refractivity contribution in [3.63, 3.8) is 0 Å². The van der Waals surface area contributed by atoms with Gasteiger partial charge in [0.2, 0.25) is 11.8 Å². The van der Waals surface area contributed by atoms with Crippen LogP contribution in [0.1, 0.15) is 66.2 Å². The third-order valence-corrected chi connectivity index (χ3v) is 10.6. The zero-order valence-electron chi connectivity index (χ0n) is 19.8. The number of carboxylic acids is 1. The molecule has 2 N–H and O–H groups in total. The minimum absolute atomic E-state index is 0.0422. The van der Waals surface area contributed by atoms with E-state index in [2.05, 4.69) is 26.8 Å². The highest BCUT2D eigenvalue weighted by Gasteiger charge is 2.73. The van der Waals surface area contributed by atoms with E-state index in [0.29, 0.717) is 12.3 Å². The summed E-state index contributed by atoms with van der Waals surface area (Å²) in [6, 6.07) is 0. The maximum Gasteiger partial charge on any atom is 0.309 e. The number of aliphatic carboxylic acids is 1. The number of carbonyl (C=O) groups excluding carboxylic acids is 2. The van der Waals surface area contributed by atoms with Crippen molar-refractivity contribution in [3.8, 4) is 0 Å². The number of imide groups is 1. The van der Waals surface area contributed by atoms with Crippen LogP contribution in [0.25, 0.3) is 0 Å². The normalized spacial score (nSPS) is 47.2. The molecule has 6 heteroatoms. The first-order valence-corrected chi connectivity index (χ1v) is 12.4. The summed E-state index contributed by atoms with van der Waals surface area (Å²) < 4.78 is 0. The highest BCUT2D eigenvalue weighted by Crippen LogP contribution is 2.74. The fraction of sp³-hybridized carbons (Fsp3) is 0.808. The zero-order chi connectivity index (χ0) is 23.2. The van der Waals surface area contributed by atoms with E-state index in [0.717, 1.165) is 32.1 Å². The number of rotatable bonds is 4. The lowest BCUT2D eigenvalue weighted by molar-refractivity contribution is -0.194. The quantitative estimate of drug-likeness (QED) is 0.512. The number of hydrogen-bond donors (Lipinski definition) is 2. The Morgan fingerprint density at radius 2 is 1.88 bits per heavy atom. The van der Waals surface area contributed by atoms with Crippen LogP contribution in [0.15, 0.2) is 11.6 Å². The SMILES string of the molecule is CC(C)C1=C[C@@]23CC[C@@H]4[C@](C)(CCC[C@@]4(C)C(=O)O)[C@@H]2C[C@@H]1[C@H]1C(=O)N(CCO)C(=O)[C@@H]13. The molecule has 0 aromatic carbocycles. The number of allylic oxidation sites excluding steroid dienone is 2. The van der Waals surface area contributed by atoms with Gasteiger partial charge >= 0.3 is 5.97 Å². The van der Waals surface area contributed by atoms with Crippen LogP contribution in [0.5, 0.6) is 0 Å². The molecule has 6 rings (SSSR count). The van der Waals surface area contributed by atoms with Crippen molar-refractivity contribution in [2.45, 2.75) is 66.2 Å². The van der Waals surface area contributed by atoms with Crippen molar-refractivity contribution < 1.29 is 24.6 Å². The van der Waals surface area contributed by atoms with Gasteiger partial charge in [0.1, 0.15) is 0 Å². The van der Waals surface area contributed by atoms with Crippen LogP contribution in [0.4, 0.5) is 0 Å². The average Bonchev–Trinajstić information content (AvgIpc) is 3.00. The molecule has 176 valence electrons. The molecule has 1 heterocycles. The third-order valence-electron chi connectivity index (χ3n) is 10.6. The summed E-state index contributed by atoms with van der Waals surface area (Å²) in [5.41, 5.74) is 0.0547. The summed E-state index contributed by atoms with van der Waals surface area (Å²) in [6.45, 7) is 8.44. The van der Waals surface area contributed by atoms with Gasteiger partial charge in [-0.3, -0.25) is 19.3 Å². The Morgan fingerprint density at radius 3 is 2.50 bits per heavy atom. The van der Waals surface area contributed by atoms with Crippen molar-refractivity contribution in [1.29, 1.82) is 0 Å². The molecular formula is C26H37NO5. The second kappa shape index (κ2) is 6.91. The van der Waals surface area contributed by atoms with Crippen molar-refractivity contribution in [1.82, 2.24) is 4.90 Å². The zero-order valence-corrected chi connectivity index (χ0v) is 19.8. The Labute approximate surface area is 190 Å². The first kappa shape index (κ1) is 22.1. The van der Waals surface area contributed by atoms with Crippen LogP contribution >= 0.6 is 0 Å². The van der Waals surface area contributed by atoms with Gasteiger partial charge in [-0.05, 0) is 68.1 Å². The van der Waals surface area contributed by atoms with E-state index < -0.39 is 11.4 Å². The van der Waals surface area contributed by atoms with Gasteiger partial charge in [-0.2, -0.15) is 0 Å². The Morgan fingerprint density at radius 1 is 1.16 bits per heavy atom. The number of amides is 2. The molecule has 0 radical (unpaired) electrons. The Bertz CT molecular complexity index is 910. The first-order chi connectivity index (χ1) is 15.0. The molecule has 6 nitrogen and oxygen atoms in total. The monoisotopic (exact) mass is 443 g/mol. The molecule has 0 aromatic rings.